The lowest BCUT2D eigenvalue weighted by Crippen LogP contribution is -2.29. The molecule has 3 aliphatic heterocycles. The number of benzene rings is 1. The standard InChI is InChI=1S/C29H34N8O/c1-35(2)12-13-36(3)25-9-7-21(17-31-25)32-29(38)26-23-15-19(6-8-24(23)33-28-27(26)34-28)20-14-22(18-30-16-20)37-10-4-5-11-37/h6-9,14-18,28,33-34H,4-5,10-13H2,1-3H3,(H,32,38). The smallest absolute Gasteiger partial charge is 0.258 e. The Kier molecular flexibility index (Phi) is 6.37. The number of carbonyl (C=O) groups is 1. The fraction of sp³-hybridized carbons (Fsp3) is 0.345. The summed E-state index contributed by atoms with van der Waals surface area (Å²) in [5, 5.41) is 9.83. The molecule has 0 saturated carbocycles. The summed E-state index contributed by atoms with van der Waals surface area (Å²) in [6.07, 6.45) is 8.00. The van der Waals surface area contributed by atoms with Crippen molar-refractivity contribution < 1.29 is 4.79 Å². The Labute approximate surface area is 223 Å². The lowest BCUT2D eigenvalue weighted by Gasteiger charge is -2.21. The van der Waals surface area contributed by atoms with Crippen molar-refractivity contribution in [2.24, 2.45) is 0 Å². The molecule has 196 valence electrons. The van der Waals surface area contributed by atoms with E-state index in [1.54, 1.807) is 6.20 Å². The normalized spacial score (nSPS) is 17.5. The van der Waals surface area contributed by atoms with E-state index in [1.165, 1.54) is 12.8 Å². The number of hydrogen-bond acceptors (Lipinski definition) is 8. The molecule has 9 heteroatoms. The summed E-state index contributed by atoms with van der Waals surface area (Å²) in [4.78, 5) is 29.2. The zero-order valence-corrected chi connectivity index (χ0v) is 22.2. The molecule has 3 aliphatic rings. The van der Waals surface area contributed by atoms with Gasteiger partial charge in [0.05, 0.1) is 35.0 Å². The van der Waals surface area contributed by atoms with Crippen molar-refractivity contribution in [1.82, 2.24) is 20.2 Å². The predicted molar refractivity (Wildman–Crippen MR) is 153 cm³/mol. The van der Waals surface area contributed by atoms with Gasteiger partial charge in [-0.3, -0.25) is 9.78 Å². The molecule has 2 aromatic heterocycles. The zero-order valence-electron chi connectivity index (χ0n) is 22.2. The minimum Gasteiger partial charge on any atom is -0.370 e. The molecule has 1 amide bonds. The summed E-state index contributed by atoms with van der Waals surface area (Å²) in [6, 6.07) is 12.3. The number of rotatable bonds is 8. The minimum atomic E-state index is -0.144. The molecule has 1 unspecified atom stereocenters. The molecule has 0 aliphatic carbocycles. The SMILES string of the molecule is CN(C)CCN(C)c1ccc(NC(=O)C2=C3NC3Nc3ccc(-c4cncc(N5CCCC5)c4)cc32)cn1. The number of fused-ring (bicyclic) bond motifs is 2. The van der Waals surface area contributed by atoms with E-state index in [2.05, 4.69) is 79.0 Å². The van der Waals surface area contributed by atoms with E-state index in [0.717, 1.165) is 65.8 Å². The molecule has 0 bridgehead atoms. The van der Waals surface area contributed by atoms with E-state index in [0.29, 0.717) is 11.3 Å². The molecule has 3 aromatic rings. The maximum absolute atomic E-state index is 13.5. The Morgan fingerprint density at radius 1 is 1.00 bits per heavy atom. The second-order valence-electron chi connectivity index (χ2n) is 10.5. The maximum Gasteiger partial charge on any atom is 0.258 e. The molecule has 9 nitrogen and oxygen atoms in total. The quantitative estimate of drug-likeness (QED) is 0.397. The molecule has 1 atom stereocenters. The van der Waals surface area contributed by atoms with Crippen LogP contribution in [0.3, 0.4) is 0 Å². The third kappa shape index (κ3) is 4.89. The van der Waals surface area contributed by atoms with E-state index in [4.69, 9.17) is 0 Å². The van der Waals surface area contributed by atoms with Gasteiger partial charge < -0.3 is 30.7 Å². The number of amides is 1. The summed E-state index contributed by atoms with van der Waals surface area (Å²) in [6.45, 7) is 3.96. The third-order valence-electron chi connectivity index (χ3n) is 7.40. The highest BCUT2D eigenvalue weighted by Gasteiger charge is 2.40. The van der Waals surface area contributed by atoms with Gasteiger partial charge in [0.25, 0.3) is 5.91 Å². The number of nitrogens with one attached hydrogen (secondary N) is 3. The number of aromatic nitrogens is 2. The Hall–Kier alpha value is -4.11. The van der Waals surface area contributed by atoms with Crippen LogP contribution in [0.5, 0.6) is 0 Å². The van der Waals surface area contributed by atoms with Crippen molar-refractivity contribution in [2.45, 2.75) is 19.0 Å². The first kappa shape index (κ1) is 24.2. The van der Waals surface area contributed by atoms with Crippen LogP contribution in [0.25, 0.3) is 16.7 Å². The molecule has 2 saturated heterocycles. The molecular formula is C29H34N8O. The Balaban J connectivity index is 1.22. The molecule has 6 rings (SSSR count). The van der Waals surface area contributed by atoms with Crippen LogP contribution in [0.2, 0.25) is 0 Å². The average Bonchev–Trinajstić information content (AvgIpc) is 3.47. The van der Waals surface area contributed by atoms with Gasteiger partial charge in [0, 0.05) is 56.2 Å². The van der Waals surface area contributed by atoms with E-state index in [-0.39, 0.29) is 12.1 Å². The first-order chi connectivity index (χ1) is 18.5. The number of anilines is 4. The summed E-state index contributed by atoms with van der Waals surface area (Å²) < 4.78 is 0. The molecule has 2 fully saturated rings. The van der Waals surface area contributed by atoms with Gasteiger partial charge in [0.1, 0.15) is 12.0 Å². The highest BCUT2D eigenvalue weighted by molar-refractivity contribution is 6.28. The number of hydrogen-bond donors (Lipinski definition) is 3. The van der Waals surface area contributed by atoms with Crippen molar-refractivity contribution >= 4 is 34.4 Å². The molecular weight excluding hydrogens is 476 g/mol. The second kappa shape index (κ2) is 9.98. The van der Waals surface area contributed by atoms with E-state index in [1.807, 2.05) is 31.6 Å². The van der Waals surface area contributed by atoms with Gasteiger partial charge in [0.2, 0.25) is 0 Å². The van der Waals surface area contributed by atoms with Crippen molar-refractivity contribution in [1.29, 1.82) is 0 Å². The average molecular weight is 511 g/mol. The largest absolute Gasteiger partial charge is 0.370 e. The second-order valence-corrected chi connectivity index (χ2v) is 10.5. The summed E-state index contributed by atoms with van der Waals surface area (Å²) in [5.74, 6) is 0.728. The molecule has 3 N–H and O–H groups in total. The van der Waals surface area contributed by atoms with Crippen molar-refractivity contribution in [2.75, 3.05) is 67.8 Å². The minimum absolute atomic E-state index is 0.000101. The lowest BCUT2D eigenvalue weighted by molar-refractivity contribution is -0.111. The fourth-order valence-electron chi connectivity index (χ4n) is 5.12. The first-order valence-corrected chi connectivity index (χ1v) is 13.2. The first-order valence-electron chi connectivity index (χ1n) is 13.2. The molecule has 1 aromatic carbocycles. The van der Waals surface area contributed by atoms with E-state index < -0.39 is 0 Å². The van der Waals surface area contributed by atoms with Crippen molar-refractivity contribution in [3.05, 3.63) is 66.2 Å². The van der Waals surface area contributed by atoms with Crippen molar-refractivity contribution in [3.8, 4) is 11.1 Å². The van der Waals surface area contributed by atoms with Crippen LogP contribution in [0.1, 0.15) is 18.4 Å². The van der Waals surface area contributed by atoms with E-state index in [9.17, 15) is 4.79 Å². The van der Waals surface area contributed by atoms with Gasteiger partial charge in [0.15, 0.2) is 0 Å². The summed E-state index contributed by atoms with van der Waals surface area (Å²) in [5.41, 5.74) is 7.32. The number of carbonyl (C=O) groups excluding carboxylic acids is 1. The Bertz CT molecular complexity index is 1380. The van der Waals surface area contributed by atoms with Crippen LogP contribution in [0.4, 0.5) is 22.9 Å². The molecule has 0 spiro atoms. The van der Waals surface area contributed by atoms with Crippen molar-refractivity contribution in [3.63, 3.8) is 0 Å². The van der Waals surface area contributed by atoms with Crippen LogP contribution >= 0.6 is 0 Å². The topological polar surface area (TPSA) is 98.6 Å². The van der Waals surface area contributed by atoms with Gasteiger partial charge in [-0.2, -0.15) is 0 Å². The van der Waals surface area contributed by atoms with Gasteiger partial charge in [-0.15, -0.1) is 0 Å². The summed E-state index contributed by atoms with van der Waals surface area (Å²) in [7, 11) is 6.13. The maximum atomic E-state index is 13.5. The van der Waals surface area contributed by atoms with Crippen LogP contribution in [0, 0.1) is 0 Å². The molecule has 0 radical (unpaired) electrons. The third-order valence-corrected chi connectivity index (χ3v) is 7.40. The number of likely N-dealkylation sites (N-methyl/N-ethyl adjacent to an activating group) is 2. The highest BCUT2D eigenvalue weighted by atomic mass is 16.1. The number of nitrogens with zero attached hydrogens (tertiary/aromatic N) is 5. The highest BCUT2D eigenvalue weighted by Crippen LogP contribution is 2.41. The zero-order chi connectivity index (χ0) is 26.2. The van der Waals surface area contributed by atoms with Gasteiger partial charge in [-0.05, 0) is 62.8 Å². The van der Waals surface area contributed by atoms with Crippen LogP contribution in [-0.2, 0) is 4.79 Å². The Morgan fingerprint density at radius 2 is 1.84 bits per heavy atom. The number of pyridine rings is 2. The van der Waals surface area contributed by atoms with Gasteiger partial charge in [-0.25, -0.2) is 4.98 Å². The summed E-state index contributed by atoms with van der Waals surface area (Å²) >= 11 is 0. The monoisotopic (exact) mass is 510 g/mol. The van der Waals surface area contributed by atoms with Gasteiger partial charge in [-0.1, -0.05) is 6.07 Å². The van der Waals surface area contributed by atoms with Crippen LogP contribution in [-0.4, -0.2) is 74.3 Å². The fourth-order valence-corrected chi connectivity index (χ4v) is 5.12. The Morgan fingerprint density at radius 3 is 2.61 bits per heavy atom. The van der Waals surface area contributed by atoms with Gasteiger partial charge >= 0.3 is 0 Å². The lowest BCUT2D eigenvalue weighted by atomic mass is 9.95. The van der Waals surface area contributed by atoms with E-state index >= 15 is 0 Å². The molecule has 38 heavy (non-hydrogen) atoms. The van der Waals surface area contributed by atoms with Crippen LogP contribution < -0.4 is 25.8 Å². The van der Waals surface area contributed by atoms with Crippen LogP contribution in [0.15, 0.2) is 60.7 Å². The molecule has 5 heterocycles. The predicted octanol–water partition coefficient (Wildman–Crippen LogP) is 3.45.